The number of nitrogens with zero attached hydrogens (tertiary/aromatic N) is 2. The Morgan fingerprint density at radius 3 is 1.56 bits per heavy atom. The first-order valence-electron chi connectivity index (χ1n) is 22.1. The number of anilines is 3. The molecule has 1 atom stereocenters. The second kappa shape index (κ2) is 14.4. The third kappa shape index (κ3) is 5.57. The molecule has 0 aromatic heterocycles. The Morgan fingerprint density at radius 1 is 0.391 bits per heavy atom. The number of allylic oxidation sites excluding steroid dienone is 1. The van der Waals surface area contributed by atoms with Crippen molar-refractivity contribution in [1.29, 1.82) is 0 Å². The molecule has 3 aliphatic rings. The van der Waals surface area contributed by atoms with Crippen LogP contribution in [0.15, 0.2) is 242 Å². The number of hydrogen-bond donors (Lipinski definition) is 1. The van der Waals surface area contributed by atoms with Gasteiger partial charge in [0.1, 0.15) is 6.17 Å². The van der Waals surface area contributed by atoms with E-state index in [-0.39, 0.29) is 6.17 Å². The van der Waals surface area contributed by atoms with Crippen molar-refractivity contribution >= 4 is 50.0 Å². The van der Waals surface area contributed by atoms with E-state index in [0.717, 1.165) is 33.8 Å². The zero-order chi connectivity index (χ0) is 42.2. The number of rotatable bonds is 5. The highest BCUT2D eigenvalue weighted by molar-refractivity contribution is 6.13. The number of fused-ring (bicyclic) bond motifs is 11. The number of benzene rings is 10. The molecule has 3 nitrogen and oxygen atoms in total. The van der Waals surface area contributed by atoms with Crippen LogP contribution in [0.1, 0.15) is 45.1 Å². The predicted molar refractivity (Wildman–Crippen MR) is 266 cm³/mol. The predicted octanol–water partition coefficient (Wildman–Crippen LogP) is 14.9. The van der Waals surface area contributed by atoms with E-state index in [1.165, 1.54) is 77.4 Å². The first kappa shape index (κ1) is 36.4. The molecule has 3 heteroatoms. The molecule has 0 bridgehead atoms. The molecule has 10 aromatic carbocycles. The summed E-state index contributed by atoms with van der Waals surface area (Å²) in [6.45, 7) is 0. The molecule has 0 radical (unpaired) electrons. The third-order valence-corrected chi connectivity index (χ3v) is 13.6. The number of hydrogen-bond acceptors (Lipinski definition) is 3. The van der Waals surface area contributed by atoms with Gasteiger partial charge in [-0.05, 0) is 131 Å². The minimum atomic E-state index is -0.565. The van der Waals surface area contributed by atoms with Crippen LogP contribution >= 0.6 is 0 Å². The van der Waals surface area contributed by atoms with Gasteiger partial charge in [0.05, 0.1) is 22.5 Å². The lowest BCUT2D eigenvalue weighted by atomic mass is 9.64. The molecule has 2 aliphatic heterocycles. The molecule has 1 N–H and O–H groups in total. The highest BCUT2D eigenvalue weighted by Gasteiger charge is 2.52. The summed E-state index contributed by atoms with van der Waals surface area (Å²) in [5, 5.41) is 8.67. The van der Waals surface area contributed by atoms with Crippen molar-refractivity contribution in [3.8, 4) is 22.3 Å². The van der Waals surface area contributed by atoms with Gasteiger partial charge in [0.2, 0.25) is 0 Å². The van der Waals surface area contributed by atoms with Crippen molar-refractivity contribution in [1.82, 2.24) is 5.32 Å². The largest absolute Gasteiger partial charge is 0.360 e. The van der Waals surface area contributed by atoms with Crippen LogP contribution in [0.2, 0.25) is 0 Å². The van der Waals surface area contributed by atoms with Crippen molar-refractivity contribution in [3.05, 3.63) is 276 Å². The molecule has 1 aliphatic carbocycles. The Labute approximate surface area is 373 Å². The molecule has 10 aromatic rings. The van der Waals surface area contributed by atoms with Gasteiger partial charge in [0, 0.05) is 11.4 Å². The number of aliphatic imine (C=N–C) groups is 1. The van der Waals surface area contributed by atoms with E-state index in [0.29, 0.717) is 0 Å². The molecular formula is C61H41N3. The van der Waals surface area contributed by atoms with E-state index in [9.17, 15) is 0 Å². The summed E-state index contributed by atoms with van der Waals surface area (Å²) in [4.78, 5) is 7.65. The summed E-state index contributed by atoms with van der Waals surface area (Å²) >= 11 is 0. The normalized spacial score (nSPS) is 15.4. The van der Waals surface area contributed by atoms with Crippen molar-refractivity contribution in [2.75, 3.05) is 4.90 Å². The Morgan fingerprint density at radius 2 is 0.906 bits per heavy atom. The lowest BCUT2D eigenvalue weighted by Gasteiger charge is -2.45. The Hall–Kier alpha value is -8.27. The SMILES string of the molecule is C1=C(c2ccc(-c3ccc4c(c3)-c3ccccc3C43c4cc5ccccc5cc4N(c4ccccc4)c4cc5ccccc5cc43)cc2)NC(c2ccccc2)N=C1c1ccccc1. The maximum atomic E-state index is 5.15. The summed E-state index contributed by atoms with van der Waals surface area (Å²) in [5.74, 6) is 0. The third-order valence-electron chi connectivity index (χ3n) is 13.6. The smallest absolute Gasteiger partial charge is 0.145 e. The molecule has 1 unspecified atom stereocenters. The van der Waals surface area contributed by atoms with Gasteiger partial charge in [-0.25, -0.2) is 0 Å². The lowest BCUT2D eigenvalue weighted by molar-refractivity contribution is 0.664. The van der Waals surface area contributed by atoms with Gasteiger partial charge >= 0.3 is 0 Å². The van der Waals surface area contributed by atoms with Gasteiger partial charge in [0.25, 0.3) is 0 Å². The molecule has 0 amide bonds. The molecule has 0 saturated heterocycles. The van der Waals surface area contributed by atoms with E-state index in [1.54, 1.807) is 0 Å². The monoisotopic (exact) mass is 815 g/mol. The minimum absolute atomic E-state index is 0.189. The maximum Gasteiger partial charge on any atom is 0.145 e. The molecule has 300 valence electrons. The van der Waals surface area contributed by atoms with Crippen LogP contribution in [0.3, 0.4) is 0 Å². The van der Waals surface area contributed by atoms with E-state index in [1.807, 2.05) is 0 Å². The molecule has 0 saturated carbocycles. The average Bonchev–Trinajstić information content (AvgIpc) is 3.66. The van der Waals surface area contributed by atoms with Gasteiger partial charge in [-0.1, -0.05) is 188 Å². The minimum Gasteiger partial charge on any atom is -0.360 e. The second-order valence-electron chi connectivity index (χ2n) is 17.1. The first-order valence-corrected chi connectivity index (χ1v) is 22.1. The Kier molecular flexibility index (Phi) is 8.19. The van der Waals surface area contributed by atoms with Gasteiger partial charge in [0.15, 0.2) is 0 Å². The fourth-order valence-electron chi connectivity index (χ4n) is 10.7. The van der Waals surface area contributed by atoms with Crippen LogP contribution in [-0.2, 0) is 5.41 Å². The van der Waals surface area contributed by atoms with Gasteiger partial charge in [-0.2, -0.15) is 0 Å². The zero-order valence-corrected chi connectivity index (χ0v) is 35.0. The fraction of sp³-hybridized carbons (Fsp3) is 0.0328. The van der Waals surface area contributed by atoms with E-state index >= 15 is 0 Å². The van der Waals surface area contributed by atoms with Crippen LogP contribution in [-0.4, -0.2) is 5.71 Å². The highest BCUT2D eigenvalue weighted by atomic mass is 15.2. The zero-order valence-electron chi connectivity index (χ0n) is 35.0. The quantitative estimate of drug-likeness (QED) is 0.187. The van der Waals surface area contributed by atoms with Gasteiger partial charge < -0.3 is 10.2 Å². The summed E-state index contributed by atoms with van der Waals surface area (Å²) in [6, 6.07) is 84.6. The first-order chi connectivity index (χ1) is 31.7. The Balaban J connectivity index is 0.979. The summed E-state index contributed by atoms with van der Waals surface area (Å²) in [5.41, 5.74) is 18.5. The molecule has 0 fully saturated rings. The second-order valence-corrected chi connectivity index (χ2v) is 17.1. The van der Waals surface area contributed by atoms with E-state index in [2.05, 4.69) is 247 Å². The van der Waals surface area contributed by atoms with E-state index < -0.39 is 5.41 Å². The molecule has 13 rings (SSSR count). The Bertz CT molecular complexity index is 3430. The van der Waals surface area contributed by atoms with Crippen LogP contribution in [0.4, 0.5) is 17.1 Å². The number of nitrogens with one attached hydrogen (secondary N) is 1. The van der Waals surface area contributed by atoms with E-state index in [4.69, 9.17) is 4.99 Å². The summed E-state index contributed by atoms with van der Waals surface area (Å²) in [7, 11) is 0. The van der Waals surface area contributed by atoms with Gasteiger partial charge in [-0.15, -0.1) is 0 Å². The summed E-state index contributed by atoms with van der Waals surface area (Å²) < 4.78 is 0. The summed E-state index contributed by atoms with van der Waals surface area (Å²) in [6.07, 6.45) is 1.99. The topological polar surface area (TPSA) is 27.6 Å². The standard InChI is InChI=1S/C61H41N3/c1-4-16-41(17-5-1)56-39-57(63-60(62-56)43-18-6-2-7-19-43)42-30-28-40(29-31-42)48-32-33-53-51(34-48)50-26-14-15-27-52(50)61(53)54-35-44-20-10-12-22-46(44)37-58(54)64(49-24-8-3-9-25-49)59-38-47-23-13-11-21-45(47)36-55(59)61/h1-39,60,63H. The lowest BCUT2D eigenvalue weighted by Crippen LogP contribution is -2.36. The van der Waals surface area contributed by atoms with Crippen molar-refractivity contribution in [2.45, 2.75) is 11.6 Å². The van der Waals surface area contributed by atoms with Crippen LogP contribution in [0.5, 0.6) is 0 Å². The molecule has 2 heterocycles. The molecule has 64 heavy (non-hydrogen) atoms. The fourth-order valence-corrected chi connectivity index (χ4v) is 10.7. The molecule has 1 spiro atoms. The maximum absolute atomic E-state index is 5.15. The highest BCUT2D eigenvalue weighted by Crippen LogP contribution is 2.64. The van der Waals surface area contributed by atoms with Crippen molar-refractivity contribution in [3.63, 3.8) is 0 Å². The van der Waals surface area contributed by atoms with Gasteiger partial charge in [-0.3, -0.25) is 4.99 Å². The van der Waals surface area contributed by atoms with Crippen molar-refractivity contribution < 1.29 is 0 Å². The van der Waals surface area contributed by atoms with Crippen LogP contribution < -0.4 is 10.2 Å². The van der Waals surface area contributed by atoms with Crippen molar-refractivity contribution in [2.24, 2.45) is 4.99 Å². The number of para-hydroxylation sites is 1. The van der Waals surface area contributed by atoms with Crippen LogP contribution in [0.25, 0.3) is 49.5 Å². The molecular weight excluding hydrogens is 775 g/mol. The average molecular weight is 816 g/mol. The van der Waals surface area contributed by atoms with Crippen LogP contribution in [0, 0.1) is 0 Å².